The highest BCUT2D eigenvalue weighted by molar-refractivity contribution is 6.42. The Morgan fingerprint density at radius 3 is 2.72 bits per heavy atom. The second kappa shape index (κ2) is 5.34. The van der Waals surface area contributed by atoms with Gasteiger partial charge in [0.25, 0.3) is 0 Å². The molecule has 0 saturated carbocycles. The summed E-state index contributed by atoms with van der Waals surface area (Å²) in [5.74, 6) is -0.0374. The molecule has 2 atom stereocenters. The van der Waals surface area contributed by atoms with Crippen molar-refractivity contribution in [1.29, 1.82) is 0 Å². The van der Waals surface area contributed by atoms with Gasteiger partial charge in [0, 0.05) is 25.0 Å². The number of hydrogen-bond acceptors (Lipinski definition) is 2. The van der Waals surface area contributed by atoms with Crippen LogP contribution in [0.4, 0.5) is 4.79 Å². The number of likely N-dealkylation sites (tertiary alicyclic amines) is 1. The first-order valence-electron chi connectivity index (χ1n) is 5.67. The van der Waals surface area contributed by atoms with Crippen molar-refractivity contribution in [3.8, 4) is 0 Å². The third-order valence-corrected chi connectivity index (χ3v) is 4.05. The molecule has 0 aromatic heterocycles. The standard InChI is InChI=1S/C12H14Cl2N2O2/c13-9-2-1-7(5-10(9)14)8-6-16(12(17)18)4-3-11(8)15/h1-2,5,8,11H,3-4,6,15H2,(H,17,18)/t8-,11+/m1/s1. The van der Waals surface area contributed by atoms with E-state index in [1.54, 1.807) is 12.1 Å². The van der Waals surface area contributed by atoms with E-state index in [-0.39, 0.29) is 12.0 Å². The van der Waals surface area contributed by atoms with Crippen LogP contribution in [0.15, 0.2) is 18.2 Å². The molecular formula is C12H14Cl2N2O2. The summed E-state index contributed by atoms with van der Waals surface area (Å²) in [6.07, 6.45) is -0.260. The van der Waals surface area contributed by atoms with E-state index in [1.807, 2.05) is 6.07 Å². The molecule has 1 amide bonds. The fourth-order valence-corrected chi connectivity index (χ4v) is 2.55. The van der Waals surface area contributed by atoms with Gasteiger partial charge in [-0.1, -0.05) is 29.3 Å². The summed E-state index contributed by atoms with van der Waals surface area (Å²) in [5, 5.41) is 9.98. The summed E-state index contributed by atoms with van der Waals surface area (Å²) in [6, 6.07) is 5.27. The summed E-state index contributed by atoms with van der Waals surface area (Å²) in [6.45, 7) is 0.878. The summed E-state index contributed by atoms with van der Waals surface area (Å²) in [4.78, 5) is 12.4. The average molecular weight is 289 g/mol. The van der Waals surface area contributed by atoms with Crippen LogP contribution in [0.1, 0.15) is 17.9 Å². The van der Waals surface area contributed by atoms with Crippen molar-refractivity contribution in [3.63, 3.8) is 0 Å². The van der Waals surface area contributed by atoms with Gasteiger partial charge in [-0.15, -0.1) is 0 Å². The Balaban J connectivity index is 2.24. The van der Waals surface area contributed by atoms with Gasteiger partial charge in [0.1, 0.15) is 0 Å². The number of rotatable bonds is 1. The van der Waals surface area contributed by atoms with Crippen molar-refractivity contribution in [2.24, 2.45) is 5.73 Å². The lowest BCUT2D eigenvalue weighted by Crippen LogP contribution is -2.47. The van der Waals surface area contributed by atoms with E-state index in [2.05, 4.69) is 0 Å². The van der Waals surface area contributed by atoms with Gasteiger partial charge in [0.15, 0.2) is 0 Å². The summed E-state index contributed by atoms with van der Waals surface area (Å²) >= 11 is 11.8. The van der Waals surface area contributed by atoms with Crippen LogP contribution >= 0.6 is 23.2 Å². The first-order valence-corrected chi connectivity index (χ1v) is 6.43. The van der Waals surface area contributed by atoms with Crippen molar-refractivity contribution in [2.45, 2.75) is 18.4 Å². The molecule has 2 rings (SSSR count). The fraction of sp³-hybridized carbons (Fsp3) is 0.417. The molecule has 1 heterocycles. The van der Waals surface area contributed by atoms with E-state index >= 15 is 0 Å². The molecule has 1 fully saturated rings. The summed E-state index contributed by atoms with van der Waals surface area (Å²) in [5.41, 5.74) is 7.00. The molecule has 0 bridgehead atoms. The van der Waals surface area contributed by atoms with Crippen LogP contribution in [0, 0.1) is 0 Å². The van der Waals surface area contributed by atoms with Crippen LogP contribution in [0.5, 0.6) is 0 Å². The average Bonchev–Trinajstić information content (AvgIpc) is 2.33. The number of nitrogens with zero attached hydrogens (tertiary/aromatic N) is 1. The third-order valence-electron chi connectivity index (χ3n) is 3.31. The van der Waals surface area contributed by atoms with Gasteiger partial charge < -0.3 is 15.7 Å². The maximum absolute atomic E-state index is 11.0. The smallest absolute Gasteiger partial charge is 0.407 e. The molecule has 1 aromatic rings. The second-order valence-corrected chi connectivity index (χ2v) is 5.28. The Labute approximate surface area is 115 Å². The fourth-order valence-electron chi connectivity index (χ4n) is 2.24. The second-order valence-electron chi connectivity index (χ2n) is 4.46. The minimum Gasteiger partial charge on any atom is -0.465 e. The molecule has 1 aromatic carbocycles. The zero-order valence-electron chi connectivity index (χ0n) is 9.64. The molecule has 0 aliphatic carbocycles. The molecule has 6 heteroatoms. The van der Waals surface area contributed by atoms with Gasteiger partial charge in [0.2, 0.25) is 0 Å². The normalized spacial score (nSPS) is 24.1. The number of nitrogens with two attached hydrogens (primary N) is 1. The topological polar surface area (TPSA) is 66.6 Å². The number of halogens is 2. The minimum atomic E-state index is -0.910. The van der Waals surface area contributed by atoms with Crippen LogP contribution in [-0.2, 0) is 0 Å². The molecule has 0 spiro atoms. The van der Waals surface area contributed by atoms with Crippen LogP contribution in [0.2, 0.25) is 10.0 Å². The Morgan fingerprint density at radius 1 is 1.39 bits per heavy atom. The number of amides is 1. The van der Waals surface area contributed by atoms with Crippen molar-refractivity contribution < 1.29 is 9.90 Å². The maximum Gasteiger partial charge on any atom is 0.407 e. The van der Waals surface area contributed by atoms with E-state index in [0.29, 0.717) is 29.6 Å². The van der Waals surface area contributed by atoms with Crippen molar-refractivity contribution in [3.05, 3.63) is 33.8 Å². The first-order chi connectivity index (χ1) is 8.49. The Morgan fingerprint density at radius 2 is 2.11 bits per heavy atom. The summed E-state index contributed by atoms with van der Waals surface area (Å²) in [7, 11) is 0. The largest absolute Gasteiger partial charge is 0.465 e. The molecule has 4 nitrogen and oxygen atoms in total. The molecule has 1 saturated heterocycles. The molecule has 0 radical (unpaired) electrons. The molecule has 1 aliphatic rings. The quantitative estimate of drug-likeness (QED) is 0.835. The Hall–Kier alpha value is -0.970. The molecule has 98 valence electrons. The third kappa shape index (κ3) is 2.71. The lowest BCUT2D eigenvalue weighted by atomic mass is 9.87. The van der Waals surface area contributed by atoms with E-state index in [0.717, 1.165) is 5.56 Å². The van der Waals surface area contributed by atoms with Crippen molar-refractivity contribution >= 4 is 29.3 Å². The van der Waals surface area contributed by atoms with E-state index in [1.165, 1.54) is 4.90 Å². The molecule has 1 aliphatic heterocycles. The number of hydrogen-bond donors (Lipinski definition) is 2. The lowest BCUT2D eigenvalue weighted by molar-refractivity contribution is 0.126. The SMILES string of the molecule is N[C@H]1CCN(C(=O)O)C[C@@H]1c1ccc(Cl)c(Cl)c1. The highest BCUT2D eigenvalue weighted by atomic mass is 35.5. The monoisotopic (exact) mass is 288 g/mol. The maximum atomic E-state index is 11.0. The number of piperidine rings is 1. The van der Waals surface area contributed by atoms with Crippen LogP contribution in [-0.4, -0.2) is 35.2 Å². The van der Waals surface area contributed by atoms with Crippen LogP contribution in [0.25, 0.3) is 0 Å². The van der Waals surface area contributed by atoms with Gasteiger partial charge in [-0.3, -0.25) is 0 Å². The number of carboxylic acid groups (broad SMARTS) is 1. The van der Waals surface area contributed by atoms with Gasteiger partial charge in [-0.25, -0.2) is 4.79 Å². The lowest BCUT2D eigenvalue weighted by Gasteiger charge is -2.35. The zero-order valence-corrected chi connectivity index (χ0v) is 11.2. The zero-order chi connectivity index (χ0) is 13.3. The van der Waals surface area contributed by atoms with Crippen molar-refractivity contribution in [1.82, 2.24) is 4.90 Å². The molecular weight excluding hydrogens is 275 g/mol. The first kappa shape index (κ1) is 13.5. The van der Waals surface area contributed by atoms with Crippen LogP contribution in [0.3, 0.4) is 0 Å². The highest BCUT2D eigenvalue weighted by Gasteiger charge is 2.30. The predicted octanol–water partition coefficient (Wildman–Crippen LogP) is 2.79. The van der Waals surface area contributed by atoms with E-state index < -0.39 is 6.09 Å². The highest BCUT2D eigenvalue weighted by Crippen LogP contribution is 2.31. The van der Waals surface area contributed by atoms with E-state index in [9.17, 15) is 4.79 Å². The Kier molecular flexibility index (Phi) is 4.00. The van der Waals surface area contributed by atoms with Gasteiger partial charge >= 0.3 is 6.09 Å². The van der Waals surface area contributed by atoms with Gasteiger partial charge in [-0.2, -0.15) is 0 Å². The number of benzene rings is 1. The van der Waals surface area contributed by atoms with Gasteiger partial charge in [-0.05, 0) is 24.1 Å². The molecule has 0 unspecified atom stereocenters. The van der Waals surface area contributed by atoms with E-state index in [4.69, 9.17) is 34.0 Å². The van der Waals surface area contributed by atoms with Crippen molar-refractivity contribution in [2.75, 3.05) is 13.1 Å². The predicted molar refractivity (Wildman–Crippen MR) is 71.4 cm³/mol. The Bertz CT molecular complexity index is 467. The minimum absolute atomic E-state index is 0.0374. The van der Waals surface area contributed by atoms with Gasteiger partial charge in [0.05, 0.1) is 10.0 Å². The number of carbonyl (C=O) groups is 1. The van der Waals surface area contributed by atoms with Crippen LogP contribution < -0.4 is 5.73 Å². The molecule has 18 heavy (non-hydrogen) atoms. The summed E-state index contributed by atoms with van der Waals surface area (Å²) < 4.78 is 0. The molecule has 3 N–H and O–H groups in total.